The molecule has 144 valence electrons. The number of amides is 1. The van der Waals surface area contributed by atoms with Crippen molar-refractivity contribution in [3.05, 3.63) is 35.7 Å². The van der Waals surface area contributed by atoms with E-state index in [4.69, 9.17) is 4.98 Å². The first kappa shape index (κ1) is 18.0. The molecular weight excluding hydrogens is 338 g/mol. The Morgan fingerprint density at radius 2 is 1.89 bits per heavy atom. The van der Waals surface area contributed by atoms with Crippen molar-refractivity contribution in [3.8, 4) is 0 Å². The van der Waals surface area contributed by atoms with Gasteiger partial charge in [-0.05, 0) is 37.3 Å². The summed E-state index contributed by atoms with van der Waals surface area (Å²) in [6, 6.07) is 8.49. The van der Waals surface area contributed by atoms with Crippen LogP contribution >= 0.6 is 0 Å². The van der Waals surface area contributed by atoms with Crippen molar-refractivity contribution in [3.63, 3.8) is 0 Å². The fourth-order valence-corrected chi connectivity index (χ4v) is 4.46. The zero-order valence-electron chi connectivity index (χ0n) is 16.3. The number of benzene rings is 1. The number of hydrogen-bond acceptors (Lipinski definition) is 4. The van der Waals surface area contributed by atoms with E-state index in [9.17, 15) is 4.79 Å². The van der Waals surface area contributed by atoms with Crippen molar-refractivity contribution in [1.82, 2.24) is 14.8 Å². The van der Waals surface area contributed by atoms with E-state index >= 15 is 0 Å². The summed E-state index contributed by atoms with van der Waals surface area (Å²) in [5.74, 6) is 1.85. The SMILES string of the molecule is CN(C)c1ccccc1C1CCCn2nc(NC(=O)C3CCCCC3)nc21. The third-order valence-electron chi connectivity index (χ3n) is 5.88. The van der Waals surface area contributed by atoms with E-state index in [-0.39, 0.29) is 17.7 Å². The van der Waals surface area contributed by atoms with Crippen LogP contribution in [0.5, 0.6) is 0 Å². The fourth-order valence-electron chi connectivity index (χ4n) is 4.46. The predicted molar refractivity (Wildman–Crippen MR) is 107 cm³/mol. The summed E-state index contributed by atoms with van der Waals surface area (Å²) in [6.07, 6.45) is 7.63. The van der Waals surface area contributed by atoms with Crippen LogP contribution < -0.4 is 10.2 Å². The second kappa shape index (κ2) is 7.71. The molecule has 27 heavy (non-hydrogen) atoms. The summed E-state index contributed by atoms with van der Waals surface area (Å²) in [4.78, 5) is 19.5. The van der Waals surface area contributed by atoms with Gasteiger partial charge in [-0.2, -0.15) is 4.98 Å². The van der Waals surface area contributed by atoms with Crippen molar-refractivity contribution >= 4 is 17.5 Å². The van der Waals surface area contributed by atoms with Crippen LogP contribution in [0, 0.1) is 5.92 Å². The van der Waals surface area contributed by atoms with Gasteiger partial charge in [-0.25, -0.2) is 4.68 Å². The lowest BCUT2D eigenvalue weighted by Crippen LogP contribution is -2.25. The van der Waals surface area contributed by atoms with Crippen molar-refractivity contribution < 1.29 is 4.79 Å². The number of nitrogens with one attached hydrogen (secondary N) is 1. The average molecular weight is 367 g/mol. The number of carbonyl (C=O) groups is 1. The number of fused-ring (bicyclic) bond motifs is 1. The Morgan fingerprint density at radius 3 is 2.67 bits per heavy atom. The average Bonchev–Trinajstić information content (AvgIpc) is 3.11. The molecule has 4 rings (SSSR count). The van der Waals surface area contributed by atoms with Crippen LogP contribution in [0.25, 0.3) is 0 Å². The number of aromatic nitrogens is 3. The summed E-state index contributed by atoms with van der Waals surface area (Å²) >= 11 is 0. The monoisotopic (exact) mass is 367 g/mol. The minimum atomic E-state index is 0.0860. The van der Waals surface area contributed by atoms with Crippen LogP contribution in [0.15, 0.2) is 24.3 Å². The highest BCUT2D eigenvalue weighted by Gasteiger charge is 2.29. The molecule has 1 amide bonds. The summed E-state index contributed by atoms with van der Waals surface area (Å²) in [6.45, 7) is 0.863. The number of nitrogens with zero attached hydrogens (tertiary/aromatic N) is 4. The number of carbonyl (C=O) groups excluding carboxylic acids is 1. The molecule has 1 fully saturated rings. The highest BCUT2D eigenvalue weighted by atomic mass is 16.2. The number of hydrogen-bond donors (Lipinski definition) is 1. The molecular formula is C21H29N5O. The Morgan fingerprint density at radius 1 is 1.11 bits per heavy atom. The van der Waals surface area contributed by atoms with E-state index in [1.54, 1.807) is 0 Å². The van der Waals surface area contributed by atoms with E-state index in [1.165, 1.54) is 17.7 Å². The summed E-state index contributed by atoms with van der Waals surface area (Å²) < 4.78 is 1.98. The molecule has 1 unspecified atom stereocenters. The molecule has 1 aromatic carbocycles. The maximum absolute atomic E-state index is 12.6. The van der Waals surface area contributed by atoms with Gasteiger partial charge in [-0.15, -0.1) is 5.10 Å². The van der Waals surface area contributed by atoms with Gasteiger partial charge in [0.2, 0.25) is 11.9 Å². The van der Waals surface area contributed by atoms with E-state index in [0.717, 1.165) is 50.9 Å². The highest BCUT2D eigenvalue weighted by molar-refractivity contribution is 5.90. The number of aryl methyl sites for hydroxylation is 1. The molecule has 1 aliphatic carbocycles. The zero-order valence-corrected chi connectivity index (χ0v) is 16.3. The Balaban J connectivity index is 1.58. The van der Waals surface area contributed by atoms with E-state index in [0.29, 0.717) is 5.95 Å². The number of para-hydroxylation sites is 1. The first-order valence-electron chi connectivity index (χ1n) is 10.2. The second-order valence-corrected chi connectivity index (χ2v) is 7.99. The molecule has 0 bridgehead atoms. The van der Waals surface area contributed by atoms with Crippen molar-refractivity contribution in [2.75, 3.05) is 24.3 Å². The van der Waals surface area contributed by atoms with Gasteiger partial charge in [0.25, 0.3) is 0 Å². The van der Waals surface area contributed by atoms with Gasteiger partial charge in [0.05, 0.1) is 0 Å². The molecule has 0 spiro atoms. The molecule has 0 saturated heterocycles. The van der Waals surface area contributed by atoms with Gasteiger partial charge in [-0.1, -0.05) is 37.5 Å². The molecule has 0 radical (unpaired) electrons. The smallest absolute Gasteiger partial charge is 0.249 e. The molecule has 2 heterocycles. The number of anilines is 2. The first-order valence-corrected chi connectivity index (χ1v) is 10.2. The molecule has 2 aliphatic rings. The Hall–Kier alpha value is -2.37. The Bertz CT molecular complexity index is 807. The van der Waals surface area contributed by atoms with Gasteiger partial charge in [0, 0.05) is 38.2 Å². The first-order chi connectivity index (χ1) is 13.1. The van der Waals surface area contributed by atoms with E-state index in [1.807, 2.05) is 4.68 Å². The summed E-state index contributed by atoms with van der Waals surface area (Å²) in [5.41, 5.74) is 2.49. The largest absolute Gasteiger partial charge is 0.377 e. The maximum atomic E-state index is 12.6. The topological polar surface area (TPSA) is 63.1 Å². The van der Waals surface area contributed by atoms with Gasteiger partial charge in [0.15, 0.2) is 0 Å². The molecule has 1 N–H and O–H groups in total. The maximum Gasteiger partial charge on any atom is 0.249 e. The Labute approximate surface area is 161 Å². The second-order valence-electron chi connectivity index (χ2n) is 7.99. The molecule has 1 aliphatic heterocycles. The lowest BCUT2D eigenvalue weighted by molar-refractivity contribution is -0.120. The quantitative estimate of drug-likeness (QED) is 0.893. The summed E-state index contributed by atoms with van der Waals surface area (Å²) in [7, 11) is 4.14. The van der Waals surface area contributed by atoms with Gasteiger partial charge in [0.1, 0.15) is 5.82 Å². The highest BCUT2D eigenvalue weighted by Crippen LogP contribution is 2.37. The van der Waals surface area contributed by atoms with Crippen LogP contribution in [-0.2, 0) is 11.3 Å². The third-order valence-corrected chi connectivity index (χ3v) is 5.88. The van der Waals surface area contributed by atoms with Crippen LogP contribution in [0.3, 0.4) is 0 Å². The van der Waals surface area contributed by atoms with Crippen molar-refractivity contribution in [1.29, 1.82) is 0 Å². The van der Waals surface area contributed by atoms with E-state index < -0.39 is 0 Å². The molecule has 6 nitrogen and oxygen atoms in total. The number of rotatable bonds is 4. The van der Waals surface area contributed by atoms with Crippen molar-refractivity contribution in [2.24, 2.45) is 5.92 Å². The van der Waals surface area contributed by atoms with E-state index in [2.05, 4.69) is 53.7 Å². The van der Waals surface area contributed by atoms with Gasteiger partial charge >= 0.3 is 0 Å². The molecule has 2 aromatic rings. The van der Waals surface area contributed by atoms with Crippen LogP contribution in [-0.4, -0.2) is 34.8 Å². The standard InChI is InChI=1S/C21H29N5O/c1-25(2)18-13-7-6-11-16(18)17-12-8-14-26-19(17)22-21(24-26)23-20(27)15-9-4-3-5-10-15/h6-7,11,13,15,17H,3-5,8-10,12,14H2,1-2H3,(H,23,24,27). The predicted octanol–water partition coefficient (Wildman–Crippen LogP) is 3.79. The van der Waals surface area contributed by atoms with Crippen LogP contribution in [0.2, 0.25) is 0 Å². The third kappa shape index (κ3) is 3.70. The lowest BCUT2D eigenvalue weighted by Gasteiger charge is -2.26. The molecule has 1 saturated carbocycles. The normalized spacial score (nSPS) is 20.1. The van der Waals surface area contributed by atoms with Crippen molar-refractivity contribution in [2.45, 2.75) is 57.4 Å². The lowest BCUT2D eigenvalue weighted by atomic mass is 9.89. The molecule has 6 heteroatoms. The molecule has 1 atom stereocenters. The van der Waals surface area contributed by atoms with Crippen LogP contribution in [0.4, 0.5) is 11.6 Å². The minimum absolute atomic E-state index is 0.0860. The van der Waals surface area contributed by atoms with Crippen LogP contribution in [0.1, 0.15) is 62.3 Å². The fraction of sp³-hybridized carbons (Fsp3) is 0.571. The zero-order chi connectivity index (χ0) is 18.8. The minimum Gasteiger partial charge on any atom is -0.377 e. The van der Waals surface area contributed by atoms with Gasteiger partial charge < -0.3 is 4.90 Å². The van der Waals surface area contributed by atoms with Gasteiger partial charge in [-0.3, -0.25) is 10.1 Å². The Kier molecular flexibility index (Phi) is 5.14. The molecule has 1 aromatic heterocycles. The summed E-state index contributed by atoms with van der Waals surface area (Å²) in [5, 5.41) is 7.58.